The summed E-state index contributed by atoms with van der Waals surface area (Å²) in [4.78, 5) is 38.3. The number of esters is 1. The molecule has 1 aliphatic heterocycles. The third-order valence-corrected chi connectivity index (χ3v) is 8.48. The second-order valence-corrected chi connectivity index (χ2v) is 11.9. The van der Waals surface area contributed by atoms with Crippen molar-refractivity contribution >= 4 is 27.4 Å². The maximum absolute atomic E-state index is 13.7. The van der Waals surface area contributed by atoms with Crippen LogP contribution in [0.4, 0.5) is 5.69 Å². The van der Waals surface area contributed by atoms with Gasteiger partial charge in [0.05, 0.1) is 34.2 Å². The molecule has 1 aliphatic carbocycles. The number of hydrogen-bond acceptors (Lipinski definition) is 8. The fraction of sp³-hybridized carbons (Fsp3) is 0.500. The molecule has 0 saturated heterocycles. The van der Waals surface area contributed by atoms with Crippen molar-refractivity contribution in [3.05, 3.63) is 39.7 Å². The summed E-state index contributed by atoms with van der Waals surface area (Å²) in [6, 6.07) is 4.13. The summed E-state index contributed by atoms with van der Waals surface area (Å²) in [6.45, 7) is 6.94. The lowest BCUT2D eigenvalue weighted by molar-refractivity contribution is -0.114. The Morgan fingerprint density at radius 3 is 2.46 bits per heavy atom. The van der Waals surface area contributed by atoms with Gasteiger partial charge < -0.3 is 24.1 Å². The van der Waals surface area contributed by atoms with Crippen molar-refractivity contribution in [1.29, 1.82) is 0 Å². The first-order valence-corrected chi connectivity index (χ1v) is 13.8. The van der Waals surface area contributed by atoms with Crippen molar-refractivity contribution in [3.8, 4) is 17.0 Å². The molecule has 200 valence electrons. The van der Waals surface area contributed by atoms with E-state index in [4.69, 9.17) is 14.2 Å². The Morgan fingerprint density at radius 2 is 1.86 bits per heavy atom. The van der Waals surface area contributed by atoms with E-state index in [1.54, 1.807) is 21.0 Å². The largest absolute Gasteiger partial charge is 0.491 e. The number of methoxy groups -OCH3 is 1. The number of carbonyl (C=O) groups is 2. The molecular formula is C26H32N2O8S. The van der Waals surface area contributed by atoms with Crippen LogP contribution in [0.25, 0.3) is 11.3 Å². The summed E-state index contributed by atoms with van der Waals surface area (Å²) in [5.74, 6) is -0.937. The van der Waals surface area contributed by atoms with Gasteiger partial charge in [-0.2, -0.15) is 0 Å². The van der Waals surface area contributed by atoms with Crippen LogP contribution in [0.15, 0.2) is 27.9 Å². The van der Waals surface area contributed by atoms with Crippen LogP contribution in [0.3, 0.4) is 0 Å². The summed E-state index contributed by atoms with van der Waals surface area (Å²) >= 11 is 0. The van der Waals surface area contributed by atoms with Crippen LogP contribution in [-0.4, -0.2) is 51.3 Å². The van der Waals surface area contributed by atoms with E-state index in [9.17, 15) is 22.8 Å². The molecule has 1 aromatic heterocycles. The van der Waals surface area contributed by atoms with Crippen molar-refractivity contribution in [2.24, 2.45) is 0 Å². The number of pyridine rings is 1. The lowest BCUT2D eigenvalue weighted by Crippen LogP contribution is -2.33. The van der Waals surface area contributed by atoms with E-state index in [0.29, 0.717) is 24.3 Å². The molecule has 0 radical (unpaired) electrons. The van der Waals surface area contributed by atoms with Gasteiger partial charge in [-0.05, 0) is 51.3 Å². The molecule has 1 amide bonds. The molecule has 2 aromatic rings. The van der Waals surface area contributed by atoms with E-state index in [-0.39, 0.29) is 46.0 Å². The minimum Gasteiger partial charge on any atom is -0.491 e. The van der Waals surface area contributed by atoms with Gasteiger partial charge in [-0.25, -0.2) is 13.2 Å². The highest BCUT2D eigenvalue weighted by Crippen LogP contribution is 2.50. The van der Waals surface area contributed by atoms with Gasteiger partial charge >= 0.3 is 5.97 Å². The molecule has 0 spiro atoms. The molecular weight excluding hydrogens is 500 g/mol. The smallest absolute Gasteiger partial charge is 0.344 e. The van der Waals surface area contributed by atoms with Crippen LogP contribution >= 0.6 is 0 Å². The van der Waals surface area contributed by atoms with Gasteiger partial charge in [-0.3, -0.25) is 9.59 Å². The summed E-state index contributed by atoms with van der Waals surface area (Å²) in [6.07, 6.45) is 1.58. The highest BCUT2D eigenvalue weighted by molar-refractivity contribution is 7.92. The monoisotopic (exact) mass is 532 g/mol. The number of rotatable bonds is 9. The molecule has 4 rings (SSSR count). The van der Waals surface area contributed by atoms with Gasteiger partial charge in [0.1, 0.15) is 11.3 Å². The Morgan fingerprint density at radius 1 is 1.16 bits per heavy atom. The molecule has 1 atom stereocenters. The van der Waals surface area contributed by atoms with Crippen molar-refractivity contribution in [1.82, 2.24) is 4.57 Å². The van der Waals surface area contributed by atoms with Gasteiger partial charge in [0.25, 0.3) is 5.56 Å². The van der Waals surface area contributed by atoms with Gasteiger partial charge in [0.2, 0.25) is 5.91 Å². The molecule has 1 saturated carbocycles. The highest BCUT2D eigenvalue weighted by Gasteiger charge is 2.41. The van der Waals surface area contributed by atoms with E-state index >= 15 is 0 Å². The summed E-state index contributed by atoms with van der Waals surface area (Å²) in [7, 11) is -2.35. The predicted octanol–water partition coefficient (Wildman–Crippen LogP) is 3.64. The van der Waals surface area contributed by atoms with Gasteiger partial charge in [0, 0.05) is 44.7 Å². The summed E-state index contributed by atoms with van der Waals surface area (Å²) in [5.41, 5.74) is 0.641. The minimum atomic E-state index is -3.92. The molecule has 2 heterocycles. The first-order valence-electron chi connectivity index (χ1n) is 12.3. The zero-order valence-electron chi connectivity index (χ0n) is 21.6. The normalized spacial score (nSPS) is 17.6. The Kier molecular flexibility index (Phi) is 7.48. The summed E-state index contributed by atoms with van der Waals surface area (Å²) in [5, 5.41) is 1.68. The third-order valence-electron chi connectivity index (χ3n) is 6.35. The van der Waals surface area contributed by atoms with Gasteiger partial charge in [-0.15, -0.1) is 0 Å². The zero-order chi connectivity index (χ0) is 27.1. The fourth-order valence-corrected chi connectivity index (χ4v) is 6.12. The van der Waals surface area contributed by atoms with Crippen molar-refractivity contribution in [2.75, 3.05) is 25.6 Å². The number of nitrogens with one attached hydrogen (secondary N) is 1. The number of nitrogens with zero attached hydrogens (tertiary/aromatic N) is 1. The molecule has 37 heavy (non-hydrogen) atoms. The molecule has 1 aromatic carbocycles. The highest BCUT2D eigenvalue weighted by atomic mass is 32.2. The van der Waals surface area contributed by atoms with Crippen LogP contribution in [0.2, 0.25) is 0 Å². The quantitative estimate of drug-likeness (QED) is 0.383. The van der Waals surface area contributed by atoms with Crippen LogP contribution in [-0.2, 0) is 24.1 Å². The number of aromatic nitrogens is 1. The lowest BCUT2D eigenvalue weighted by atomic mass is 9.99. The number of amides is 1. The average molecular weight is 533 g/mol. The second-order valence-electron chi connectivity index (χ2n) is 9.63. The number of fused-ring (bicyclic) bond motifs is 3. The Labute approximate surface area is 215 Å². The molecule has 1 fully saturated rings. The minimum absolute atomic E-state index is 0.00894. The number of hydrogen-bond donors (Lipinski definition) is 1. The molecule has 1 unspecified atom stereocenters. The number of carbonyl (C=O) groups excluding carboxylic acids is 2. The first kappa shape index (κ1) is 26.9. The van der Waals surface area contributed by atoms with Crippen LogP contribution in [0, 0.1) is 0 Å². The first-order chi connectivity index (χ1) is 17.5. The summed E-state index contributed by atoms with van der Waals surface area (Å²) < 4.78 is 45.1. The maximum atomic E-state index is 13.7. The molecule has 10 nitrogen and oxygen atoms in total. The van der Waals surface area contributed by atoms with Crippen molar-refractivity contribution in [2.45, 2.75) is 69.2 Å². The van der Waals surface area contributed by atoms with Crippen LogP contribution in [0.5, 0.6) is 5.75 Å². The van der Waals surface area contributed by atoms with E-state index in [1.807, 2.05) is 0 Å². The molecule has 0 bridgehead atoms. The average Bonchev–Trinajstić information content (AvgIpc) is 3.65. The number of anilines is 1. The molecule has 11 heteroatoms. The SMILES string of the molecule is COCCCOc1cc2c(cc1NC(C)=O)-c1c(cc(C(=O)OC(C)C)c(=O)n1C1CC1)C(C)S2(=O)=O. The fourth-order valence-electron chi connectivity index (χ4n) is 4.49. The molecule has 1 N–H and O–H groups in total. The third kappa shape index (κ3) is 5.15. The Hall–Kier alpha value is -3.18. The van der Waals surface area contributed by atoms with E-state index in [0.717, 1.165) is 12.8 Å². The predicted molar refractivity (Wildman–Crippen MR) is 137 cm³/mol. The molecule has 2 aliphatic rings. The Balaban J connectivity index is 1.97. The van der Waals surface area contributed by atoms with Crippen molar-refractivity contribution < 1.29 is 32.2 Å². The number of sulfone groups is 1. The number of ether oxygens (including phenoxy) is 3. The van der Waals surface area contributed by atoms with E-state index in [1.165, 1.54) is 36.6 Å². The maximum Gasteiger partial charge on any atom is 0.344 e. The van der Waals surface area contributed by atoms with E-state index in [2.05, 4.69) is 5.32 Å². The lowest BCUT2D eigenvalue weighted by Gasteiger charge is -2.30. The Bertz CT molecular complexity index is 1410. The zero-order valence-corrected chi connectivity index (χ0v) is 22.4. The van der Waals surface area contributed by atoms with Gasteiger partial charge in [0.15, 0.2) is 9.84 Å². The van der Waals surface area contributed by atoms with E-state index < -0.39 is 32.7 Å². The van der Waals surface area contributed by atoms with Crippen molar-refractivity contribution in [3.63, 3.8) is 0 Å². The number of benzene rings is 1. The second kappa shape index (κ2) is 10.3. The van der Waals surface area contributed by atoms with Crippen LogP contribution in [0.1, 0.15) is 74.2 Å². The van der Waals surface area contributed by atoms with Crippen LogP contribution < -0.4 is 15.6 Å². The topological polar surface area (TPSA) is 130 Å². The van der Waals surface area contributed by atoms with Gasteiger partial charge in [-0.1, -0.05) is 0 Å². The standard InChI is InChI=1S/C26H32N2O8S/c1-14(2)36-26(31)20-11-18-15(3)37(32,33)23-13-22(35-10-6-9-34-5)21(27-16(4)29)12-19(23)24(18)28(25(20)30)17-7-8-17/h11-15,17H,6-10H2,1-5H3,(H,27,29).